The fraction of sp³-hybridized carbons (Fsp3) is 0.182. The minimum Gasteiger partial charge on any atom is -0.325 e. The number of anilines is 2. The maximum Gasteiger partial charge on any atom is 0.135 e. The number of nitrogens with one attached hydrogen (secondary N) is 1. The van der Waals surface area contributed by atoms with Crippen molar-refractivity contribution in [2.24, 2.45) is 0 Å². The van der Waals surface area contributed by atoms with E-state index in [1.54, 1.807) is 0 Å². The Morgan fingerprint density at radius 3 is 2.60 bits per heavy atom. The van der Waals surface area contributed by atoms with E-state index in [1.807, 2.05) is 38.1 Å². The summed E-state index contributed by atoms with van der Waals surface area (Å²) in [4.78, 5) is 12.5. The van der Waals surface area contributed by atoms with Crippen molar-refractivity contribution in [1.29, 1.82) is 0 Å². The van der Waals surface area contributed by atoms with Crippen molar-refractivity contribution in [3.05, 3.63) is 42.0 Å². The van der Waals surface area contributed by atoms with Crippen molar-refractivity contribution >= 4 is 11.6 Å². The zero-order valence-electron chi connectivity index (χ0n) is 8.73. The lowest BCUT2D eigenvalue weighted by Crippen LogP contribution is -1.97. The van der Waals surface area contributed by atoms with Crippen LogP contribution in [0.2, 0.25) is 0 Å². The number of aromatic nitrogens is 3. The SMILES string of the molecule is Cc1cc(Nc2cccc(C)n2)ncn1. The van der Waals surface area contributed by atoms with Crippen LogP contribution in [0.3, 0.4) is 0 Å². The first-order chi connectivity index (χ1) is 7.24. The average molecular weight is 200 g/mol. The minimum atomic E-state index is 0.764. The predicted molar refractivity (Wildman–Crippen MR) is 59.0 cm³/mol. The van der Waals surface area contributed by atoms with E-state index in [9.17, 15) is 0 Å². The fourth-order valence-electron chi connectivity index (χ4n) is 1.27. The Hall–Kier alpha value is -1.97. The molecule has 15 heavy (non-hydrogen) atoms. The summed E-state index contributed by atoms with van der Waals surface area (Å²) < 4.78 is 0. The second-order valence-electron chi connectivity index (χ2n) is 3.33. The largest absolute Gasteiger partial charge is 0.325 e. The number of pyridine rings is 1. The molecule has 0 spiro atoms. The van der Waals surface area contributed by atoms with Crippen molar-refractivity contribution in [2.75, 3.05) is 5.32 Å². The van der Waals surface area contributed by atoms with Crippen molar-refractivity contribution in [3.63, 3.8) is 0 Å². The third kappa shape index (κ3) is 2.49. The Kier molecular flexibility index (Phi) is 2.58. The molecule has 0 unspecified atom stereocenters. The van der Waals surface area contributed by atoms with E-state index in [2.05, 4.69) is 20.3 Å². The molecule has 0 aromatic carbocycles. The van der Waals surface area contributed by atoms with Crippen molar-refractivity contribution < 1.29 is 0 Å². The highest BCUT2D eigenvalue weighted by Crippen LogP contribution is 2.11. The molecule has 4 nitrogen and oxygen atoms in total. The van der Waals surface area contributed by atoms with Gasteiger partial charge in [0, 0.05) is 17.5 Å². The van der Waals surface area contributed by atoms with Crippen LogP contribution in [0, 0.1) is 13.8 Å². The van der Waals surface area contributed by atoms with E-state index in [4.69, 9.17) is 0 Å². The summed E-state index contributed by atoms with van der Waals surface area (Å²) in [7, 11) is 0. The Labute approximate surface area is 88.4 Å². The van der Waals surface area contributed by atoms with Crippen LogP contribution in [0.1, 0.15) is 11.4 Å². The molecule has 0 bridgehead atoms. The first kappa shape index (κ1) is 9.58. The summed E-state index contributed by atoms with van der Waals surface area (Å²) in [5.41, 5.74) is 1.91. The van der Waals surface area contributed by atoms with Gasteiger partial charge in [-0.2, -0.15) is 0 Å². The first-order valence-electron chi connectivity index (χ1n) is 4.73. The van der Waals surface area contributed by atoms with Crippen LogP contribution in [0.5, 0.6) is 0 Å². The van der Waals surface area contributed by atoms with Gasteiger partial charge < -0.3 is 5.32 Å². The normalized spacial score (nSPS) is 10.0. The molecule has 0 radical (unpaired) electrons. The van der Waals surface area contributed by atoms with Gasteiger partial charge in [-0.3, -0.25) is 0 Å². The number of nitrogens with zero attached hydrogens (tertiary/aromatic N) is 3. The molecule has 4 heteroatoms. The van der Waals surface area contributed by atoms with Gasteiger partial charge in [0.25, 0.3) is 0 Å². The maximum atomic E-state index is 4.33. The van der Waals surface area contributed by atoms with Crippen LogP contribution in [-0.2, 0) is 0 Å². The smallest absolute Gasteiger partial charge is 0.135 e. The molecule has 2 rings (SSSR count). The summed E-state index contributed by atoms with van der Waals surface area (Å²) in [6.07, 6.45) is 1.54. The number of rotatable bonds is 2. The highest BCUT2D eigenvalue weighted by Gasteiger charge is 1.97. The highest BCUT2D eigenvalue weighted by atomic mass is 15.1. The first-order valence-corrected chi connectivity index (χ1v) is 4.73. The van der Waals surface area contributed by atoms with Gasteiger partial charge >= 0.3 is 0 Å². The third-order valence-corrected chi connectivity index (χ3v) is 1.95. The number of aryl methyl sites for hydroxylation is 2. The molecule has 0 amide bonds. The molecule has 0 fully saturated rings. The van der Waals surface area contributed by atoms with Gasteiger partial charge in [-0.15, -0.1) is 0 Å². The van der Waals surface area contributed by atoms with Crippen LogP contribution in [0.15, 0.2) is 30.6 Å². The number of hydrogen-bond donors (Lipinski definition) is 1. The van der Waals surface area contributed by atoms with Crippen LogP contribution in [-0.4, -0.2) is 15.0 Å². The average Bonchev–Trinajstić information content (AvgIpc) is 2.17. The topological polar surface area (TPSA) is 50.7 Å². The molecule has 0 aliphatic heterocycles. The summed E-state index contributed by atoms with van der Waals surface area (Å²) in [5, 5.41) is 3.12. The summed E-state index contributed by atoms with van der Waals surface area (Å²) >= 11 is 0. The summed E-state index contributed by atoms with van der Waals surface area (Å²) in [6.45, 7) is 3.88. The van der Waals surface area contributed by atoms with E-state index in [-0.39, 0.29) is 0 Å². The Bertz CT molecular complexity index is 424. The zero-order chi connectivity index (χ0) is 10.7. The van der Waals surface area contributed by atoms with Crippen LogP contribution >= 0.6 is 0 Å². The molecule has 1 N–H and O–H groups in total. The van der Waals surface area contributed by atoms with Gasteiger partial charge in [-0.1, -0.05) is 6.07 Å². The van der Waals surface area contributed by atoms with E-state index < -0.39 is 0 Å². The molecule has 0 saturated carbocycles. The lowest BCUT2D eigenvalue weighted by atomic mass is 10.3. The van der Waals surface area contributed by atoms with Crippen LogP contribution in [0.25, 0.3) is 0 Å². The minimum absolute atomic E-state index is 0.764. The molecular formula is C11H12N4. The van der Waals surface area contributed by atoms with Gasteiger partial charge in [0.15, 0.2) is 0 Å². The van der Waals surface area contributed by atoms with Gasteiger partial charge in [-0.25, -0.2) is 15.0 Å². The number of hydrogen-bond acceptors (Lipinski definition) is 4. The molecule has 2 aromatic heterocycles. The second-order valence-corrected chi connectivity index (χ2v) is 3.33. The summed E-state index contributed by atoms with van der Waals surface area (Å²) in [5.74, 6) is 1.56. The van der Waals surface area contributed by atoms with Crippen molar-refractivity contribution in [2.45, 2.75) is 13.8 Å². The third-order valence-electron chi connectivity index (χ3n) is 1.95. The fourth-order valence-corrected chi connectivity index (χ4v) is 1.27. The van der Waals surface area contributed by atoms with Crippen LogP contribution in [0.4, 0.5) is 11.6 Å². The molecular weight excluding hydrogens is 188 g/mol. The Balaban J connectivity index is 2.22. The molecule has 0 atom stereocenters. The van der Waals surface area contributed by atoms with Gasteiger partial charge in [-0.05, 0) is 26.0 Å². The molecule has 76 valence electrons. The Morgan fingerprint density at radius 1 is 1.00 bits per heavy atom. The Morgan fingerprint density at radius 2 is 1.87 bits per heavy atom. The monoisotopic (exact) mass is 200 g/mol. The standard InChI is InChI=1S/C11H12N4/c1-8-4-3-5-10(14-8)15-11-6-9(2)12-7-13-11/h3-7H,1-2H3,(H,12,13,14,15). The second kappa shape index (κ2) is 4.04. The molecule has 2 heterocycles. The van der Waals surface area contributed by atoms with E-state index in [1.165, 1.54) is 6.33 Å². The highest BCUT2D eigenvalue weighted by molar-refractivity contribution is 5.51. The van der Waals surface area contributed by atoms with Gasteiger partial charge in [0.1, 0.15) is 18.0 Å². The maximum absolute atomic E-state index is 4.33. The molecule has 0 saturated heterocycles. The van der Waals surface area contributed by atoms with Gasteiger partial charge in [0.05, 0.1) is 0 Å². The lowest BCUT2D eigenvalue weighted by Gasteiger charge is -2.04. The zero-order valence-corrected chi connectivity index (χ0v) is 8.73. The van der Waals surface area contributed by atoms with E-state index >= 15 is 0 Å². The van der Waals surface area contributed by atoms with Crippen LogP contribution < -0.4 is 5.32 Å². The molecule has 2 aromatic rings. The molecule has 0 aliphatic rings. The van der Waals surface area contributed by atoms with E-state index in [0.29, 0.717) is 0 Å². The summed E-state index contributed by atoms with van der Waals surface area (Å²) in [6, 6.07) is 7.70. The van der Waals surface area contributed by atoms with Crippen molar-refractivity contribution in [1.82, 2.24) is 15.0 Å². The lowest BCUT2D eigenvalue weighted by molar-refractivity contribution is 1.09. The van der Waals surface area contributed by atoms with Gasteiger partial charge in [0.2, 0.25) is 0 Å². The molecule has 0 aliphatic carbocycles. The van der Waals surface area contributed by atoms with Crippen molar-refractivity contribution in [3.8, 4) is 0 Å². The predicted octanol–water partition coefficient (Wildman–Crippen LogP) is 2.23. The van der Waals surface area contributed by atoms with E-state index in [0.717, 1.165) is 23.0 Å². The quantitative estimate of drug-likeness (QED) is 0.807.